The molecule has 0 aliphatic heterocycles. The summed E-state index contributed by atoms with van der Waals surface area (Å²) in [4.78, 5) is 19.2. The summed E-state index contributed by atoms with van der Waals surface area (Å²) in [6.45, 7) is 6.22. The van der Waals surface area contributed by atoms with Crippen molar-refractivity contribution in [1.29, 1.82) is 0 Å². The predicted octanol–water partition coefficient (Wildman–Crippen LogP) is 1.79. The van der Waals surface area contributed by atoms with E-state index in [4.69, 9.17) is 9.84 Å². The molecule has 1 atom stereocenters. The number of rotatable bonds is 7. The quantitative estimate of drug-likeness (QED) is 0.770. The Labute approximate surface area is 106 Å². The van der Waals surface area contributed by atoms with Gasteiger partial charge >= 0.3 is 5.97 Å². The number of nitrogens with zero attached hydrogens (tertiary/aromatic N) is 2. The zero-order valence-electron chi connectivity index (χ0n) is 10.9. The first-order valence-corrected chi connectivity index (χ1v) is 5.98. The minimum absolute atomic E-state index is 0.0514. The summed E-state index contributed by atoms with van der Waals surface area (Å²) in [6, 6.07) is -0.694. The number of carboxylic acids is 1. The molecule has 6 heteroatoms. The monoisotopic (exact) mass is 253 g/mol. The van der Waals surface area contributed by atoms with Gasteiger partial charge in [0.25, 0.3) is 0 Å². The third-order valence-corrected chi connectivity index (χ3v) is 2.30. The van der Waals surface area contributed by atoms with Gasteiger partial charge in [0.1, 0.15) is 11.9 Å². The van der Waals surface area contributed by atoms with Gasteiger partial charge in [0.15, 0.2) is 0 Å². The van der Waals surface area contributed by atoms with Crippen molar-refractivity contribution in [2.24, 2.45) is 5.92 Å². The van der Waals surface area contributed by atoms with Crippen LogP contribution in [0.4, 0.5) is 5.82 Å². The normalized spacial score (nSPS) is 12.2. The van der Waals surface area contributed by atoms with Crippen LogP contribution in [0.2, 0.25) is 0 Å². The molecular formula is C12H19N3O3. The Kier molecular flexibility index (Phi) is 5.35. The van der Waals surface area contributed by atoms with Crippen LogP contribution in [-0.4, -0.2) is 33.7 Å². The molecule has 6 nitrogen and oxygen atoms in total. The van der Waals surface area contributed by atoms with Crippen molar-refractivity contribution in [2.75, 3.05) is 11.9 Å². The SMILES string of the molecule is CCCOc1cncc(NC(C(=O)O)C(C)C)n1. The van der Waals surface area contributed by atoms with E-state index >= 15 is 0 Å². The molecule has 0 bridgehead atoms. The highest BCUT2D eigenvalue weighted by Crippen LogP contribution is 2.13. The Morgan fingerprint density at radius 2 is 2.22 bits per heavy atom. The van der Waals surface area contributed by atoms with Crippen LogP contribution in [0.25, 0.3) is 0 Å². The predicted molar refractivity (Wildman–Crippen MR) is 67.7 cm³/mol. The summed E-state index contributed by atoms with van der Waals surface area (Å²) in [5, 5.41) is 11.9. The van der Waals surface area contributed by atoms with Gasteiger partial charge in [0.2, 0.25) is 5.88 Å². The molecule has 0 spiro atoms. The van der Waals surface area contributed by atoms with Crippen LogP contribution >= 0.6 is 0 Å². The Bertz CT molecular complexity index is 396. The number of hydrogen-bond donors (Lipinski definition) is 2. The van der Waals surface area contributed by atoms with Gasteiger partial charge in [-0.2, -0.15) is 4.98 Å². The maximum Gasteiger partial charge on any atom is 0.326 e. The number of carbonyl (C=O) groups is 1. The lowest BCUT2D eigenvalue weighted by Gasteiger charge is -2.18. The van der Waals surface area contributed by atoms with Gasteiger partial charge in [0.05, 0.1) is 19.0 Å². The van der Waals surface area contributed by atoms with Crippen molar-refractivity contribution in [1.82, 2.24) is 9.97 Å². The lowest BCUT2D eigenvalue weighted by atomic mass is 10.1. The summed E-state index contributed by atoms with van der Waals surface area (Å²) in [6.07, 6.45) is 3.87. The molecule has 0 aliphatic rings. The summed E-state index contributed by atoms with van der Waals surface area (Å²) in [7, 11) is 0. The highest BCUT2D eigenvalue weighted by Gasteiger charge is 2.21. The molecule has 0 saturated heterocycles. The Balaban J connectivity index is 2.74. The van der Waals surface area contributed by atoms with Gasteiger partial charge < -0.3 is 15.2 Å². The van der Waals surface area contributed by atoms with Gasteiger partial charge in [-0.1, -0.05) is 20.8 Å². The number of nitrogens with one attached hydrogen (secondary N) is 1. The minimum atomic E-state index is -0.910. The summed E-state index contributed by atoms with van der Waals surface area (Å²) < 4.78 is 5.34. The van der Waals surface area contributed by atoms with Gasteiger partial charge in [0, 0.05) is 0 Å². The zero-order valence-corrected chi connectivity index (χ0v) is 10.9. The van der Waals surface area contributed by atoms with E-state index in [1.54, 1.807) is 0 Å². The highest BCUT2D eigenvalue weighted by molar-refractivity contribution is 5.77. The Morgan fingerprint density at radius 1 is 1.50 bits per heavy atom. The van der Waals surface area contributed by atoms with Crippen LogP contribution in [0.15, 0.2) is 12.4 Å². The van der Waals surface area contributed by atoms with Crippen LogP contribution < -0.4 is 10.1 Å². The number of carboxylic acid groups (broad SMARTS) is 1. The summed E-state index contributed by atoms with van der Waals surface area (Å²) in [5.74, 6) is -0.157. The van der Waals surface area contributed by atoms with E-state index in [9.17, 15) is 4.79 Å². The summed E-state index contributed by atoms with van der Waals surface area (Å²) >= 11 is 0. The molecule has 0 saturated carbocycles. The van der Waals surface area contributed by atoms with E-state index in [0.29, 0.717) is 18.3 Å². The standard InChI is InChI=1S/C12H19N3O3/c1-4-5-18-10-7-13-6-9(14-10)15-11(8(2)3)12(16)17/h6-8,11H,4-5H2,1-3H3,(H,14,15)(H,16,17). The first-order valence-electron chi connectivity index (χ1n) is 5.98. The maximum absolute atomic E-state index is 11.1. The lowest BCUT2D eigenvalue weighted by Crippen LogP contribution is -2.34. The largest absolute Gasteiger partial charge is 0.480 e. The van der Waals surface area contributed by atoms with Crippen molar-refractivity contribution < 1.29 is 14.6 Å². The fourth-order valence-corrected chi connectivity index (χ4v) is 1.37. The molecule has 0 fully saturated rings. The molecule has 2 N–H and O–H groups in total. The minimum Gasteiger partial charge on any atom is -0.480 e. The van der Waals surface area contributed by atoms with Crippen molar-refractivity contribution in [3.63, 3.8) is 0 Å². The fraction of sp³-hybridized carbons (Fsp3) is 0.583. The fourth-order valence-electron chi connectivity index (χ4n) is 1.37. The molecule has 100 valence electrons. The van der Waals surface area contributed by atoms with E-state index in [2.05, 4.69) is 15.3 Å². The smallest absolute Gasteiger partial charge is 0.326 e. The second-order valence-electron chi connectivity index (χ2n) is 4.30. The average Bonchev–Trinajstić information content (AvgIpc) is 2.33. The molecule has 0 aliphatic carbocycles. The first-order chi connectivity index (χ1) is 8.54. The molecule has 0 aromatic carbocycles. The maximum atomic E-state index is 11.1. The summed E-state index contributed by atoms with van der Waals surface area (Å²) in [5.41, 5.74) is 0. The van der Waals surface area contributed by atoms with E-state index in [0.717, 1.165) is 6.42 Å². The second-order valence-corrected chi connectivity index (χ2v) is 4.30. The van der Waals surface area contributed by atoms with E-state index in [-0.39, 0.29) is 5.92 Å². The van der Waals surface area contributed by atoms with Gasteiger partial charge in [-0.05, 0) is 12.3 Å². The Hall–Kier alpha value is -1.85. The lowest BCUT2D eigenvalue weighted by molar-refractivity contribution is -0.138. The van der Waals surface area contributed by atoms with E-state index in [1.165, 1.54) is 12.4 Å². The van der Waals surface area contributed by atoms with Gasteiger partial charge in [-0.3, -0.25) is 4.98 Å². The average molecular weight is 253 g/mol. The van der Waals surface area contributed by atoms with Crippen molar-refractivity contribution in [2.45, 2.75) is 33.2 Å². The van der Waals surface area contributed by atoms with Gasteiger partial charge in [-0.15, -0.1) is 0 Å². The second kappa shape index (κ2) is 6.78. The van der Waals surface area contributed by atoms with Crippen molar-refractivity contribution >= 4 is 11.8 Å². The zero-order chi connectivity index (χ0) is 13.5. The number of hydrogen-bond acceptors (Lipinski definition) is 5. The van der Waals surface area contributed by atoms with E-state index < -0.39 is 12.0 Å². The molecule has 0 amide bonds. The molecule has 1 aromatic heterocycles. The van der Waals surface area contributed by atoms with Gasteiger partial charge in [-0.25, -0.2) is 4.79 Å². The first kappa shape index (κ1) is 14.2. The highest BCUT2D eigenvalue weighted by atomic mass is 16.5. The molecule has 1 heterocycles. The number of aliphatic carboxylic acids is 1. The number of anilines is 1. The Morgan fingerprint density at radius 3 is 2.78 bits per heavy atom. The van der Waals surface area contributed by atoms with E-state index in [1.807, 2.05) is 20.8 Å². The third kappa shape index (κ3) is 4.20. The third-order valence-electron chi connectivity index (χ3n) is 2.30. The molecule has 18 heavy (non-hydrogen) atoms. The molecule has 1 rings (SSSR count). The molecule has 0 radical (unpaired) electrons. The van der Waals surface area contributed by atoms with Crippen LogP contribution in [0.3, 0.4) is 0 Å². The number of aromatic nitrogens is 2. The molecule has 1 aromatic rings. The van der Waals surface area contributed by atoms with Crippen LogP contribution in [0.5, 0.6) is 5.88 Å². The van der Waals surface area contributed by atoms with Crippen molar-refractivity contribution in [3.05, 3.63) is 12.4 Å². The van der Waals surface area contributed by atoms with Crippen LogP contribution in [-0.2, 0) is 4.79 Å². The van der Waals surface area contributed by atoms with Crippen LogP contribution in [0, 0.1) is 5.92 Å². The molecule has 1 unspecified atom stereocenters. The van der Waals surface area contributed by atoms with Crippen molar-refractivity contribution in [3.8, 4) is 5.88 Å². The van der Waals surface area contributed by atoms with Crippen LogP contribution in [0.1, 0.15) is 27.2 Å². The topological polar surface area (TPSA) is 84.3 Å². The number of ether oxygens (including phenoxy) is 1. The molecular weight excluding hydrogens is 234 g/mol.